The molecule has 0 fully saturated rings. The highest BCUT2D eigenvalue weighted by molar-refractivity contribution is 5.98. The van der Waals surface area contributed by atoms with Crippen LogP contribution in [0.5, 0.6) is 34.5 Å². The van der Waals surface area contributed by atoms with E-state index in [2.05, 4.69) is 10.6 Å². The van der Waals surface area contributed by atoms with Gasteiger partial charge in [-0.3, -0.25) is 9.59 Å². The minimum atomic E-state index is -1.23. The van der Waals surface area contributed by atoms with Crippen LogP contribution in [0.15, 0.2) is 84.9 Å². The molecule has 16 heteroatoms. The van der Waals surface area contributed by atoms with E-state index in [4.69, 9.17) is 11.5 Å². The van der Waals surface area contributed by atoms with E-state index >= 15 is 0 Å². The highest BCUT2D eigenvalue weighted by Gasteiger charge is 2.23. The van der Waals surface area contributed by atoms with Gasteiger partial charge in [-0.1, -0.05) is 24.3 Å². The lowest BCUT2D eigenvalue weighted by atomic mass is 10.1. The number of aliphatic carboxylic acids is 2. The molecule has 0 radical (unpaired) electrons. The number of phenolic OH excluding ortho intramolecular Hbond substituents is 6. The van der Waals surface area contributed by atoms with E-state index in [1.54, 1.807) is 31.2 Å². The van der Waals surface area contributed by atoms with Gasteiger partial charge in [0.05, 0.1) is 0 Å². The van der Waals surface area contributed by atoms with Gasteiger partial charge in [-0.25, -0.2) is 9.59 Å². The molecule has 0 spiro atoms. The number of aromatic hydroxyl groups is 6. The van der Waals surface area contributed by atoms with Crippen LogP contribution in [0, 0.1) is 0 Å². The summed E-state index contributed by atoms with van der Waals surface area (Å²) in [6.45, 7) is 1.72. The van der Waals surface area contributed by atoms with Crippen LogP contribution in [0.25, 0.3) is 0 Å². The van der Waals surface area contributed by atoms with Gasteiger partial charge in [0.25, 0.3) is 11.8 Å². The van der Waals surface area contributed by atoms with Gasteiger partial charge < -0.3 is 63.0 Å². The Morgan fingerprint density at radius 1 is 0.520 bits per heavy atom. The van der Waals surface area contributed by atoms with Crippen molar-refractivity contribution in [1.29, 1.82) is 0 Å². The molecule has 0 aliphatic rings. The largest absolute Gasteiger partial charge is 0.508 e. The standard InChI is InChI=1S/2C16H15NO6.C2H8N2/c2*18-11-3-1-9(2-4-11)5-14(16(22)23)17-15(21)10-6-12(19)8-13(20)7-10;1-2(3)4/h2*1-4,6-8,14,18-20H,5H2,(H,17,21)(H,22,23);2H,3-4H2,1H3/t2*14-;/m00./s1. The molecule has 0 saturated heterocycles. The Bertz CT molecular complexity index is 1590. The van der Waals surface area contributed by atoms with Crippen LogP contribution in [0.2, 0.25) is 0 Å². The second-order valence-electron chi connectivity index (χ2n) is 10.8. The lowest BCUT2D eigenvalue weighted by Crippen LogP contribution is -2.42. The highest BCUT2D eigenvalue weighted by Crippen LogP contribution is 2.22. The number of phenols is 6. The van der Waals surface area contributed by atoms with Crippen molar-refractivity contribution >= 4 is 23.8 Å². The molecule has 16 nitrogen and oxygen atoms in total. The van der Waals surface area contributed by atoms with Crippen LogP contribution in [0.1, 0.15) is 38.8 Å². The molecule has 0 heterocycles. The van der Waals surface area contributed by atoms with Gasteiger partial charge in [-0.2, -0.15) is 0 Å². The molecule has 14 N–H and O–H groups in total. The summed E-state index contributed by atoms with van der Waals surface area (Å²) in [6.07, 6.45) is -0.127. The molecule has 4 rings (SSSR count). The van der Waals surface area contributed by atoms with Gasteiger partial charge in [0.2, 0.25) is 0 Å². The lowest BCUT2D eigenvalue weighted by Gasteiger charge is -2.15. The van der Waals surface area contributed by atoms with E-state index in [9.17, 15) is 60.0 Å². The zero-order chi connectivity index (χ0) is 37.5. The van der Waals surface area contributed by atoms with E-state index in [1.807, 2.05) is 0 Å². The molecule has 4 aromatic carbocycles. The van der Waals surface area contributed by atoms with Crippen molar-refractivity contribution in [3.63, 3.8) is 0 Å². The van der Waals surface area contributed by atoms with Crippen molar-refractivity contribution in [3.05, 3.63) is 107 Å². The van der Waals surface area contributed by atoms with Crippen LogP contribution < -0.4 is 22.1 Å². The smallest absolute Gasteiger partial charge is 0.326 e. The SMILES string of the molecule is CC(N)N.O=C(N[C@@H](Cc1ccc(O)cc1)C(=O)O)c1cc(O)cc(O)c1.O=C(N[C@@H](Cc1ccc(O)cc1)C(=O)O)c1cc(O)cc(O)c1. The van der Waals surface area contributed by atoms with E-state index < -0.39 is 35.8 Å². The fourth-order valence-corrected chi connectivity index (χ4v) is 4.07. The maximum Gasteiger partial charge on any atom is 0.326 e. The van der Waals surface area contributed by atoms with Gasteiger partial charge in [0.15, 0.2) is 0 Å². The second kappa shape index (κ2) is 18.7. The highest BCUT2D eigenvalue weighted by atomic mass is 16.4. The van der Waals surface area contributed by atoms with Gasteiger partial charge in [-0.15, -0.1) is 0 Å². The molecule has 0 unspecified atom stereocenters. The van der Waals surface area contributed by atoms with E-state index in [1.165, 1.54) is 24.3 Å². The predicted octanol–water partition coefficient (Wildman–Crippen LogP) is 1.71. The molecular weight excluding hydrogens is 656 g/mol. The molecule has 266 valence electrons. The minimum absolute atomic E-state index is 0.0200. The fourth-order valence-electron chi connectivity index (χ4n) is 4.07. The Kier molecular flexibility index (Phi) is 14.9. The van der Waals surface area contributed by atoms with E-state index in [0.717, 1.165) is 36.4 Å². The average molecular weight is 695 g/mol. The van der Waals surface area contributed by atoms with Gasteiger partial charge in [-0.05, 0) is 66.6 Å². The topological polar surface area (TPSA) is 306 Å². The monoisotopic (exact) mass is 694 g/mol. The van der Waals surface area contributed by atoms with Crippen LogP contribution in [-0.2, 0) is 22.4 Å². The van der Waals surface area contributed by atoms with Crippen LogP contribution >= 0.6 is 0 Å². The lowest BCUT2D eigenvalue weighted by molar-refractivity contribution is -0.140. The average Bonchev–Trinajstić information content (AvgIpc) is 3.01. The van der Waals surface area contributed by atoms with Gasteiger partial charge in [0, 0.05) is 42.3 Å². The van der Waals surface area contributed by atoms with Crippen LogP contribution in [0.3, 0.4) is 0 Å². The fraction of sp³-hybridized carbons (Fsp3) is 0.176. The Labute approximate surface area is 285 Å². The number of carboxylic acid groups (broad SMARTS) is 2. The number of hydrogen-bond donors (Lipinski definition) is 12. The summed E-state index contributed by atoms with van der Waals surface area (Å²) in [5, 5.41) is 79.0. The quantitative estimate of drug-likeness (QED) is 0.105. The van der Waals surface area contributed by atoms with Crippen molar-refractivity contribution in [2.24, 2.45) is 11.5 Å². The molecular formula is C34H38N4O12. The predicted molar refractivity (Wildman–Crippen MR) is 179 cm³/mol. The normalized spacial score (nSPS) is 11.4. The second-order valence-corrected chi connectivity index (χ2v) is 10.8. The first-order chi connectivity index (χ1) is 23.4. The number of amides is 2. The molecule has 0 aromatic heterocycles. The van der Waals surface area contributed by atoms with Crippen molar-refractivity contribution in [2.75, 3.05) is 0 Å². The van der Waals surface area contributed by atoms with Crippen molar-refractivity contribution in [3.8, 4) is 34.5 Å². The number of carbonyl (C=O) groups is 4. The first-order valence-electron chi connectivity index (χ1n) is 14.6. The maximum absolute atomic E-state index is 12.1. The Balaban J connectivity index is 0.000000313. The van der Waals surface area contributed by atoms with Crippen molar-refractivity contribution in [2.45, 2.75) is 38.0 Å². The molecule has 0 bridgehead atoms. The third-order valence-electron chi connectivity index (χ3n) is 6.29. The Morgan fingerprint density at radius 2 is 0.780 bits per heavy atom. The molecule has 0 aliphatic heterocycles. The first-order valence-corrected chi connectivity index (χ1v) is 14.6. The summed E-state index contributed by atoms with van der Waals surface area (Å²) in [4.78, 5) is 46.8. The number of benzene rings is 4. The third kappa shape index (κ3) is 14.1. The molecule has 4 aromatic rings. The summed E-state index contributed by atoms with van der Waals surface area (Å²) in [5.74, 6) is -5.03. The van der Waals surface area contributed by atoms with Crippen molar-refractivity contribution in [1.82, 2.24) is 10.6 Å². The molecule has 0 saturated carbocycles. The number of carboxylic acids is 2. The molecule has 2 atom stereocenters. The summed E-state index contributed by atoms with van der Waals surface area (Å²) in [5.41, 5.74) is 10.9. The number of hydrogen-bond acceptors (Lipinski definition) is 12. The Morgan fingerprint density at radius 3 is 1.02 bits per heavy atom. The van der Waals surface area contributed by atoms with E-state index in [-0.39, 0.29) is 64.6 Å². The van der Waals surface area contributed by atoms with Gasteiger partial charge >= 0.3 is 11.9 Å². The zero-order valence-corrected chi connectivity index (χ0v) is 26.6. The minimum Gasteiger partial charge on any atom is -0.508 e. The Hall–Kier alpha value is -6.52. The molecule has 2 amide bonds. The zero-order valence-electron chi connectivity index (χ0n) is 26.6. The summed E-state index contributed by atoms with van der Waals surface area (Å²) < 4.78 is 0. The number of nitrogens with one attached hydrogen (secondary N) is 2. The van der Waals surface area contributed by atoms with Crippen LogP contribution in [0.4, 0.5) is 0 Å². The number of nitrogens with two attached hydrogens (primary N) is 2. The summed E-state index contributed by atoms with van der Waals surface area (Å²) >= 11 is 0. The molecule has 50 heavy (non-hydrogen) atoms. The number of carbonyl (C=O) groups excluding carboxylic acids is 2. The molecule has 0 aliphatic carbocycles. The number of rotatable bonds is 10. The first kappa shape index (κ1) is 39.7. The summed E-state index contributed by atoms with van der Waals surface area (Å²) in [6, 6.07) is 16.1. The van der Waals surface area contributed by atoms with Gasteiger partial charge in [0.1, 0.15) is 46.6 Å². The maximum atomic E-state index is 12.1. The van der Waals surface area contributed by atoms with E-state index in [0.29, 0.717) is 11.1 Å². The summed E-state index contributed by atoms with van der Waals surface area (Å²) in [7, 11) is 0. The van der Waals surface area contributed by atoms with Crippen LogP contribution in [-0.4, -0.2) is 82.9 Å². The van der Waals surface area contributed by atoms with Crippen molar-refractivity contribution < 1.29 is 60.0 Å². The third-order valence-corrected chi connectivity index (χ3v) is 6.29.